The Balaban J connectivity index is 1.88. The number of aliphatic imine (C=N–C) groups is 1. The number of hydrogen-bond donors (Lipinski definition) is 2. The van der Waals surface area contributed by atoms with Crippen molar-refractivity contribution >= 4 is 29.2 Å². The summed E-state index contributed by atoms with van der Waals surface area (Å²) in [6.07, 6.45) is 2.37. The summed E-state index contributed by atoms with van der Waals surface area (Å²) < 4.78 is 5.17. The standard InChI is InChI=1S/C20H32Cl2N4O/c1-4-23-20(25-15(2)18-6-5-17(21)13-19(18)22)24-14-16-7-9-26(10-8-16)11-12-27-3/h5-6,13,15-16H,4,7-12,14H2,1-3H3,(H2,23,24,25). The minimum Gasteiger partial charge on any atom is -0.383 e. The lowest BCUT2D eigenvalue weighted by molar-refractivity contribution is 0.121. The van der Waals surface area contributed by atoms with Crippen LogP contribution in [-0.4, -0.2) is 57.3 Å². The third-order valence-electron chi connectivity index (χ3n) is 4.95. The molecule has 1 unspecified atom stereocenters. The molecule has 0 aliphatic carbocycles. The van der Waals surface area contributed by atoms with Crippen LogP contribution in [0.1, 0.15) is 38.3 Å². The van der Waals surface area contributed by atoms with Crippen molar-refractivity contribution in [1.82, 2.24) is 15.5 Å². The second-order valence-electron chi connectivity index (χ2n) is 7.03. The highest BCUT2D eigenvalue weighted by atomic mass is 35.5. The molecule has 1 aliphatic rings. The van der Waals surface area contributed by atoms with Crippen LogP contribution in [-0.2, 0) is 4.74 Å². The number of piperidine rings is 1. The summed E-state index contributed by atoms with van der Waals surface area (Å²) in [6, 6.07) is 5.64. The summed E-state index contributed by atoms with van der Waals surface area (Å²) in [5.41, 5.74) is 1.01. The van der Waals surface area contributed by atoms with Crippen molar-refractivity contribution in [3.8, 4) is 0 Å². The first kappa shape index (κ1) is 22.3. The Morgan fingerprint density at radius 3 is 2.70 bits per heavy atom. The number of benzene rings is 1. The van der Waals surface area contributed by atoms with Gasteiger partial charge in [-0.1, -0.05) is 29.3 Å². The molecule has 1 atom stereocenters. The molecular weight excluding hydrogens is 383 g/mol. The van der Waals surface area contributed by atoms with Gasteiger partial charge in [-0.2, -0.15) is 0 Å². The molecule has 2 N–H and O–H groups in total. The van der Waals surface area contributed by atoms with E-state index in [0.717, 1.165) is 50.9 Å². The number of ether oxygens (including phenoxy) is 1. The minimum atomic E-state index is 0.0449. The van der Waals surface area contributed by atoms with Crippen LogP contribution in [0.15, 0.2) is 23.2 Å². The van der Waals surface area contributed by atoms with E-state index in [1.807, 2.05) is 12.1 Å². The molecule has 152 valence electrons. The zero-order valence-electron chi connectivity index (χ0n) is 16.6. The second kappa shape index (κ2) is 11.7. The molecule has 0 radical (unpaired) electrons. The molecule has 1 aliphatic heterocycles. The molecule has 0 saturated carbocycles. The molecule has 27 heavy (non-hydrogen) atoms. The van der Waals surface area contributed by atoms with E-state index in [9.17, 15) is 0 Å². The maximum atomic E-state index is 6.34. The molecule has 0 aromatic heterocycles. The smallest absolute Gasteiger partial charge is 0.191 e. The van der Waals surface area contributed by atoms with Crippen LogP contribution < -0.4 is 10.6 Å². The number of methoxy groups -OCH3 is 1. The van der Waals surface area contributed by atoms with Gasteiger partial charge in [0.2, 0.25) is 0 Å². The van der Waals surface area contributed by atoms with Crippen molar-refractivity contribution in [3.63, 3.8) is 0 Å². The molecule has 1 aromatic carbocycles. The number of hydrogen-bond acceptors (Lipinski definition) is 3. The fourth-order valence-electron chi connectivity index (χ4n) is 3.29. The molecule has 0 amide bonds. The van der Waals surface area contributed by atoms with Gasteiger partial charge in [-0.05, 0) is 63.4 Å². The summed E-state index contributed by atoms with van der Waals surface area (Å²) in [5, 5.41) is 8.10. The predicted molar refractivity (Wildman–Crippen MR) is 115 cm³/mol. The van der Waals surface area contributed by atoms with Crippen LogP contribution in [0, 0.1) is 5.92 Å². The Labute approximate surface area is 173 Å². The maximum Gasteiger partial charge on any atom is 0.191 e. The van der Waals surface area contributed by atoms with E-state index >= 15 is 0 Å². The van der Waals surface area contributed by atoms with Gasteiger partial charge in [0.05, 0.1) is 12.6 Å². The number of nitrogens with zero attached hydrogens (tertiary/aromatic N) is 2. The molecule has 0 bridgehead atoms. The third kappa shape index (κ3) is 7.49. The first-order chi connectivity index (χ1) is 13.0. The van der Waals surface area contributed by atoms with Gasteiger partial charge in [-0.15, -0.1) is 0 Å². The maximum absolute atomic E-state index is 6.34. The van der Waals surface area contributed by atoms with Gasteiger partial charge in [0, 0.05) is 36.8 Å². The van der Waals surface area contributed by atoms with E-state index in [0.29, 0.717) is 16.0 Å². The monoisotopic (exact) mass is 414 g/mol. The first-order valence-electron chi connectivity index (χ1n) is 9.74. The first-order valence-corrected chi connectivity index (χ1v) is 10.5. The van der Waals surface area contributed by atoms with Gasteiger partial charge in [0.25, 0.3) is 0 Å². The van der Waals surface area contributed by atoms with E-state index in [4.69, 9.17) is 32.9 Å². The summed E-state index contributed by atoms with van der Waals surface area (Å²) in [6.45, 7) is 9.91. The third-order valence-corrected chi connectivity index (χ3v) is 5.52. The Bertz CT molecular complexity index is 604. The van der Waals surface area contributed by atoms with E-state index in [2.05, 4.69) is 29.4 Å². The Hall–Kier alpha value is -1.01. The molecule has 0 spiro atoms. The van der Waals surface area contributed by atoms with Gasteiger partial charge < -0.3 is 20.3 Å². The van der Waals surface area contributed by atoms with Crippen LogP contribution in [0.5, 0.6) is 0 Å². The highest BCUT2D eigenvalue weighted by Gasteiger charge is 2.19. The van der Waals surface area contributed by atoms with Crippen molar-refractivity contribution in [2.75, 3.05) is 46.4 Å². The lowest BCUT2D eigenvalue weighted by Gasteiger charge is -2.31. The lowest BCUT2D eigenvalue weighted by Crippen LogP contribution is -2.40. The number of rotatable bonds is 8. The largest absolute Gasteiger partial charge is 0.383 e. The van der Waals surface area contributed by atoms with Crippen LogP contribution in [0.2, 0.25) is 10.0 Å². The van der Waals surface area contributed by atoms with Gasteiger partial charge in [0.15, 0.2) is 5.96 Å². The fraction of sp³-hybridized carbons (Fsp3) is 0.650. The summed E-state index contributed by atoms with van der Waals surface area (Å²) in [4.78, 5) is 7.29. The zero-order valence-corrected chi connectivity index (χ0v) is 18.1. The van der Waals surface area contributed by atoms with Crippen molar-refractivity contribution in [2.45, 2.75) is 32.7 Å². The van der Waals surface area contributed by atoms with E-state index in [-0.39, 0.29) is 6.04 Å². The Morgan fingerprint density at radius 2 is 2.07 bits per heavy atom. The Kier molecular flexibility index (Phi) is 9.69. The van der Waals surface area contributed by atoms with Crippen molar-refractivity contribution in [2.24, 2.45) is 10.9 Å². The average molecular weight is 415 g/mol. The molecular formula is C20H32Cl2N4O. The molecule has 1 fully saturated rings. The van der Waals surface area contributed by atoms with Crippen LogP contribution in [0.3, 0.4) is 0 Å². The summed E-state index contributed by atoms with van der Waals surface area (Å²) >= 11 is 12.3. The van der Waals surface area contributed by atoms with Gasteiger partial charge in [-0.3, -0.25) is 4.99 Å². The van der Waals surface area contributed by atoms with Gasteiger partial charge in [-0.25, -0.2) is 0 Å². The number of halogens is 2. The lowest BCUT2D eigenvalue weighted by atomic mass is 9.97. The number of guanidine groups is 1. The summed E-state index contributed by atoms with van der Waals surface area (Å²) in [7, 11) is 1.76. The van der Waals surface area contributed by atoms with E-state index in [1.54, 1.807) is 13.2 Å². The number of nitrogens with one attached hydrogen (secondary N) is 2. The van der Waals surface area contributed by atoms with Crippen molar-refractivity contribution in [3.05, 3.63) is 33.8 Å². The van der Waals surface area contributed by atoms with Gasteiger partial charge in [0.1, 0.15) is 0 Å². The second-order valence-corrected chi connectivity index (χ2v) is 7.87. The SMILES string of the molecule is CCNC(=NCC1CCN(CCOC)CC1)NC(C)c1ccc(Cl)cc1Cl. The number of likely N-dealkylation sites (tertiary alicyclic amines) is 1. The Morgan fingerprint density at radius 1 is 1.33 bits per heavy atom. The highest BCUT2D eigenvalue weighted by molar-refractivity contribution is 6.35. The topological polar surface area (TPSA) is 48.9 Å². The van der Waals surface area contributed by atoms with E-state index in [1.165, 1.54) is 12.8 Å². The van der Waals surface area contributed by atoms with Gasteiger partial charge >= 0.3 is 0 Å². The van der Waals surface area contributed by atoms with Crippen LogP contribution in [0.25, 0.3) is 0 Å². The zero-order chi connectivity index (χ0) is 19.6. The van der Waals surface area contributed by atoms with Crippen molar-refractivity contribution in [1.29, 1.82) is 0 Å². The van der Waals surface area contributed by atoms with Crippen LogP contribution >= 0.6 is 23.2 Å². The molecule has 7 heteroatoms. The molecule has 2 rings (SSSR count). The van der Waals surface area contributed by atoms with E-state index < -0.39 is 0 Å². The molecule has 1 aromatic rings. The minimum absolute atomic E-state index is 0.0449. The predicted octanol–water partition coefficient (Wildman–Crippen LogP) is 3.97. The normalized spacial score (nSPS) is 17.7. The fourth-order valence-corrected chi connectivity index (χ4v) is 3.86. The molecule has 5 nitrogen and oxygen atoms in total. The molecule has 1 heterocycles. The van der Waals surface area contributed by atoms with Crippen LogP contribution in [0.4, 0.5) is 0 Å². The van der Waals surface area contributed by atoms with Crippen molar-refractivity contribution < 1.29 is 4.74 Å². The molecule has 1 saturated heterocycles. The quantitative estimate of drug-likeness (QED) is 0.498. The highest BCUT2D eigenvalue weighted by Crippen LogP contribution is 2.26. The summed E-state index contributed by atoms with van der Waals surface area (Å²) in [5.74, 6) is 1.46. The average Bonchev–Trinajstić information content (AvgIpc) is 2.65.